The van der Waals surface area contributed by atoms with Gasteiger partial charge in [-0.25, -0.2) is 4.39 Å². The van der Waals surface area contributed by atoms with Gasteiger partial charge in [-0.1, -0.05) is 6.07 Å². The highest BCUT2D eigenvalue weighted by Crippen LogP contribution is 2.22. The molecule has 5 heteroatoms. The Morgan fingerprint density at radius 1 is 1.53 bits per heavy atom. The Morgan fingerprint density at radius 3 is 3.05 bits per heavy atom. The van der Waals surface area contributed by atoms with Crippen molar-refractivity contribution >= 4 is 16.8 Å². The monoisotopic (exact) mass is 262 g/mol. The number of nitrogens with zero attached hydrogens (tertiary/aromatic N) is 1. The Kier molecular flexibility index (Phi) is 2.98. The lowest BCUT2D eigenvalue weighted by Crippen LogP contribution is -2.29. The summed E-state index contributed by atoms with van der Waals surface area (Å²) in [5, 5.41) is 9.53. The van der Waals surface area contributed by atoms with Gasteiger partial charge in [0.05, 0.1) is 0 Å². The first-order chi connectivity index (χ1) is 9.19. The Hall–Kier alpha value is -1.88. The highest BCUT2D eigenvalue weighted by Gasteiger charge is 2.27. The van der Waals surface area contributed by atoms with Crippen LogP contribution in [0.5, 0.6) is 0 Å². The summed E-state index contributed by atoms with van der Waals surface area (Å²) in [6.45, 7) is 1.31. The molecule has 3 rings (SSSR count). The van der Waals surface area contributed by atoms with E-state index in [9.17, 15) is 9.18 Å². The van der Waals surface area contributed by atoms with E-state index in [4.69, 9.17) is 5.11 Å². The summed E-state index contributed by atoms with van der Waals surface area (Å²) in [7, 11) is 0. The number of H-pyrrole nitrogens is 1. The maximum absolute atomic E-state index is 13.6. The fourth-order valence-electron chi connectivity index (χ4n) is 2.57. The number of aliphatic hydroxyl groups is 1. The third-order valence-corrected chi connectivity index (χ3v) is 3.67. The fourth-order valence-corrected chi connectivity index (χ4v) is 2.57. The molecular formula is C14H15FN2O2. The van der Waals surface area contributed by atoms with Crippen LogP contribution in [0.4, 0.5) is 4.39 Å². The van der Waals surface area contributed by atoms with Gasteiger partial charge >= 0.3 is 0 Å². The van der Waals surface area contributed by atoms with Crippen LogP contribution in [0.25, 0.3) is 10.9 Å². The van der Waals surface area contributed by atoms with Crippen LogP contribution in [0.3, 0.4) is 0 Å². The number of carbonyl (C=O) groups is 1. The van der Waals surface area contributed by atoms with Crippen molar-refractivity contribution in [3.63, 3.8) is 0 Å². The third-order valence-electron chi connectivity index (χ3n) is 3.67. The molecule has 1 aliphatic rings. The molecule has 100 valence electrons. The lowest BCUT2D eigenvalue weighted by atomic mass is 10.1. The summed E-state index contributed by atoms with van der Waals surface area (Å²) >= 11 is 0. The molecule has 1 atom stereocenters. The molecule has 1 aromatic carbocycles. The predicted molar refractivity (Wildman–Crippen MR) is 69.4 cm³/mol. The number of halogens is 1. The third kappa shape index (κ3) is 2.10. The second kappa shape index (κ2) is 4.66. The Bertz CT molecular complexity index is 623. The second-order valence-electron chi connectivity index (χ2n) is 4.97. The average molecular weight is 262 g/mol. The van der Waals surface area contributed by atoms with Crippen LogP contribution < -0.4 is 0 Å². The van der Waals surface area contributed by atoms with E-state index in [0.717, 1.165) is 6.42 Å². The van der Waals surface area contributed by atoms with Gasteiger partial charge in [-0.05, 0) is 24.6 Å². The SMILES string of the molecule is O=C(c1cc2c(F)cccc2[nH]1)N1CCC(CO)C1. The van der Waals surface area contributed by atoms with Crippen molar-refractivity contribution in [2.75, 3.05) is 19.7 Å². The molecule has 0 radical (unpaired) electrons. The van der Waals surface area contributed by atoms with E-state index in [1.54, 1.807) is 23.1 Å². The lowest BCUT2D eigenvalue weighted by molar-refractivity contribution is 0.0777. The minimum absolute atomic E-state index is 0.102. The molecule has 2 N–H and O–H groups in total. The number of nitrogens with one attached hydrogen (secondary N) is 1. The zero-order chi connectivity index (χ0) is 13.4. The van der Waals surface area contributed by atoms with Crippen molar-refractivity contribution in [3.05, 3.63) is 35.8 Å². The van der Waals surface area contributed by atoms with Gasteiger partial charge in [-0.15, -0.1) is 0 Å². The Morgan fingerprint density at radius 2 is 2.37 bits per heavy atom. The summed E-state index contributed by atoms with van der Waals surface area (Å²) in [5.74, 6) is -0.306. The number of benzene rings is 1. The minimum atomic E-state index is -0.331. The first kappa shape index (κ1) is 12.2. The van der Waals surface area contributed by atoms with Crippen LogP contribution in [-0.2, 0) is 0 Å². The molecule has 0 saturated carbocycles. The molecule has 1 saturated heterocycles. The molecule has 1 unspecified atom stereocenters. The van der Waals surface area contributed by atoms with Crippen LogP contribution in [0.1, 0.15) is 16.9 Å². The van der Waals surface area contributed by atoms with Crippen LogP contribution in [0.15, 0.2) is 24.3 Å². The molecule has 1 aliphatic heterocycles. The van der Waals surface area contributed by atoms with Gasteiger partial charge in [0, 0.05) is 36.5 Å². The van der Waals surface area contributed by atoms with Crippen molar-refractivity contribution in [1.29, 1.82) is 0 Å². The minimum Gasteiger partial charge on any atom is -0.396 e. The Labute approximate surface area is 109 Å². The number of aromatic nitrogens is 1. The highest BCUT2D eigenvalue weighted by atomic mass is 19.1. The van der Waals surface area contributed by atoms with Gasteiger partial charge < -0.3 is 15.0 Å². The van der Waals surface area contributed by atoms with Gasteiger partial charge in [0.1, 0.15) is 11.5 Å². The van der Waals surface area contributed by atoms with Crippen LogP contribution >= 0.6 is 0 Å². The number of aromatic amines is 1. The molecular weight excluding hydrogens is 247 g/mol. The van der Waals surface area contributed by atoms with Gasteiger partial charge in [0.15, 0.2) is 0 Å². The summed E-state index contributed by atoms with van der Waals surface area (Å²) in [4.78, 5) is 16.9. The van der Waals surface area contributed by atoms with Gasteiger partial charge in [0.25, 0.3) is 5.91 Å². The number of aliphatic hydroxyl groups excluding tert-OH is 1. The van der Waals surface area contributed by atoms with E-state index in [0.29, 0.717) is 29.7 Å². The second-order valence-corrected chi connectivity index (χ2v) is 4.97. The molecule has 0 bridgehead atoms. The fraction of sp³-hybridized carbons (Fsp3) is 0.357. The van der Waals surface area contributed by atoms with Crippen molar-refractivity contribution in [2.24, 2.45) is 5.92 Å². The standard InChI is InChI=1S/C14H15FN2O2/c15-11-2-1-3-12-10(11)6-13(16-12)14(19)17-5-4-9(7-17)8-18/h1-3,6,9,16,18H,4-5,7-8H2. The van der Waals surface area contributed by atoms with Crippen LogP contribution in [0, 0.1) is 11.7 Å². The molecule has 19 heavy (non-hydrogen) atoms. The van der Waals surface area contributed by atoms with Crippen molar-refractivity contribution < 1.29 is 14.3 Å². The topological polar surface area (TPSA) is 56.3 Å². The van der Waals surface area contributed by atoms with E-state index < -0.39 is 0 Å². The maximum Gasteiger partial charge on any atom is 0.270 e. The average Bonchev–Trinajstić information content (AvgIpc) is 3.05. The van der Waals surface area contributed by atoms with E-state index in [1.807, 2.05) is 0 Å². The largest absolute Gasteiger partial charge is 0.396 e. The normalized spacial score (nSPS) is 19.3. The van der Waals surface area contributed by atoms with Crippen molar-refractivity contribution in [2.45, 2.75) is 6.42 Å². The number of amides is 1. The van der Waals surface area contributed by atoms with Crippen LogP contribution in [0.2, 0.25) is 0 Å². The van der Waals surface area contributed by atoms with Gasteiger partial charge in [-0.3, -0.25) is 4.79 Å². The molecule has 4 nitrogen and oxygen atoms in total. The predicted octanol–water partition coefficient (Wildman–Crippen LogP) is 1.76. The number of hydrogen-bond donors (Lipinski definition) is 2. The maximum atomic E-state index is 13.6. The summed E-state index contributed by atoms with van der Waals surface area (Å²) in [6, 6.07) is 6.29. The van der Waals surface area contributed by atoms with E-state index in [1.165, 1.54) is 6.07 Å². The van der Waals surface area contributed by atoms with Gasteiger partial charge in [0.2, 0.25) is 0 Å². The molecule has 1 aromatic heterocycles. The van der Waals surface area contributed by atoms with E-state index in [2.05, 4.69) is 4.98 Å². The van der Waals surface area contributed by atoms with Crippen molar-refractivity contribution in [3.8, 4) is 0 Å². The summed E-state index contributed by atoms with van der Waals surface area (Å²) < 4.78 is 13.6. The quantitative estimate of drug-likeness (QED) is 0.866. The van der Waals surface area contributed by atoms with E-state index in [-0.39, 0.29) is 24.2 Å². The number of rotatable bonds is 2. The van der Waals surface area contributed by atoms with Gasteiger partial charge in [-0.2, -0.15) is 0 Å². The lowest BCUT2D eigenvalue weighted by Gasteiger charge is -2.14. The molecule has 2 heterocycles. The number of hydrogen-bond acceptors (Lipinski definition) is 2. The van der Waals surface area contributed by atoms with Crippen molar-refractivity contribution in [1.82, 2.24) is 9.88 Å². The summed E-state index contributed by atoms with van der Waals surface area (Å²) in [5.41, 5.74) is 1.03. The molecule has 1 amide bonds. The molecule has 1 fully saturated rings. The molecule has 2 aromatic rings. The molecule has 0 spiro atoms. The van der Waals surface area contributed by atoms with Crippen LogP contribution in [-0.4, -0.2) is 40.6 Å². The zero-order valence-corrected chi connectivity index (χ0v) is 10.4. The smallest absolute Gasteiger partial charge is 0.270 e. The highest BCUT2D eigenvalue weighted by molar-refractivity contribution is 5.98. The number of likely N-dealkylation sites (tertiary alicyclic amines) is 1. The first-order valence-electron chi connectivity index (χ1n) is 6.36. The first-order valence-corrected chi connectivity index (χ1v) is 6.36. The zero-order valence-electron chi connectivity index (χ0n) is 10.4. The molecule has 0 aliphatic carbocycles. The Balaban J connectivity index is 1.88. The summed E-state index contributed by atoms with van der Waals surface area (Å²) in [6.07, 6.45) is 0.816. The number of carbonyl (C=O) groups excluding carboxylic acids is 1. The number of fused-ring (bicyclic) bond motifs is 1. The van der Waals surface area contributed by atoms with E-state index >= 15 is 0 Å².